The monoisotopic (exact) mass is 204 g/mol. The Morgan fingerprint density at radius 1 is 1.27 bits per heavy atom. The van der Waals surface area contributed by atoms with E-state index in [1.807, 2.05) is 0 Å². The van der Waals surface area contributed by atoms with E-state index in [-0.39, 0.29) is 0 Å². The summed E-state index contributed by atoms with van der Waals surface area (Å²) in [6, 6.07) is 0. The second kappa shape index (κ2) is 5.62. The van der Waals surface area contributed by atoms with E-state index in [1.54, 1.807) is 0 Å². The van der Waals surface area contributed by atoms with Crippen LogP contribution in [0.4, 0.5) is 0 Å². The van der Waals surface area contributed by atoms with E-state index in [0.29, 0.717) is 0 Å². The molecular formula is C2H6O7P2+2. The quantitative estimate of drug-likeness (QED) is 0.292. The fraction of sp³-hybridized carbons (Fsp3) is 1.00. The normalized spacial score (nSPS) is 15.9. The highest BCUT2D eigenvalue weighted by Gasteiger charge is 2.24. The van der Waals surface area contributed by atoms with Gasteiger partial charge in [-0.25, -0.2) is 0 Å². The molecule has 0 heterocycles. The third-order valence-corrected chi connectivity index (χ3v) is 1.17. The second-order valence-electron chi connectivity index (χ2n) is 1.32. The first kappa shape index (κ1) is 11.0. The molecule has 0 fully saturated rings. The first-order valence-electron chi connectivity index (χ1n) is 2.35. The van der Waals surface area contributed by atoms with Crippen LogP contribution >= 0.6 is 16.5 Å². The van der Waals surface area contributed by atoms with Crippen LogP contribution < -0.4 is 0 Å². The first-order valence-corrected chi connectivity index (χ1v) is 4.61. The highest BCUT2D eigenvalue weighted by Crippen LogP contribution is 2.22. The van der Waals surface area contributed by atoms with Crippen LogP contribution in [0.3, 0.4) is 0 Å². The number of rotatable bonds is 5. The highest BCUT2D eigenvalue weighted by atomic mass is 31.1. The van der Waals surface area contributed by atoms with E-state index in [1.165, 1.54) is 6.92 Å². The van der Waals surface area contributed by atoms with Gasteiger partial charge in [-0.2, -0.15) is 4.89 Å². The van der Waals surface area contributed by atoms with Gasteiger partial charge in [-0.15, -0.1) is 9.79 Å². The summed E-state index contributed by atoms with van der Waals surface area (Å²) in [5.74, 6) is 0. The maximum atomic E-state index is 9.91. The molecule has 11 heavy (non-hydrogen) atoms. The van der Waals surface area contributed by atoms with Gasteiger partial charge < -0.3 is 0 Å². The van der Waals surface area contributed by atoms with Crippen LogP contribution in [-0.2, 0) is 23.2 Å². The SMILES string of the molecule is CC(OO[P+](=O)O)O[P+](=O)O. The van der Waals surface area contributed by atoms with E-state index in [4.69, 9.17) is 9.79 Å². The number of hydrogen-bond donors (Lipinski definition) is 2. The molecule has 0 aromatic heterocycles. The Morgan fingerprint density at radius 2 is 1.82 bits per heavy atom. The van der Waals surface area contributed by atoms with E-state index in [9.17, 15) is 9.13 Å². The van der Waals surface area contributed by atoms with Crippen LogP contribution in [0.1, 0.15) is 6.92 Å². The van der Waals surface area contributed by atoms with Crippen LogP contribution in [0.5, 0.6) is 0 Å². The molecule has 0 aromatic carbocycles. The molecule has 0 aliphatic heterocycles. The van der Waals surface area contributed by atoms with Crippen LogP contribution in [0.25, 0.3) is 0 Å². The molecule has 0 amide bonds. The van der Waals surface area contributed by atoms with Crippen LogP contribution in [0, 0.1) is 0 Å². The Bertz CT molecular complexity index is 157. The maximum absolute atomic E-state index is 9.91. The minimum atomic E-state index is -2.89. The third kappa shape index (κ3) is 7.90. The van der Waals surface area contributed by atoms with Crippen molar-refractivity contribution in [1.29, 1.82) is 0 Å². The molecule has 2 N–H and O–H groups in total. The molecule has 3 atom stereocenters. The zero-order valence-corrected chi connectivity index (χ0v) is 7.20. The van der Waals surface area contributed by atoms with Crippen molar-refractivity contribution in [3.8, 4) is 0 Å². The molecule has 0 aliphatic carbocycles. The van der Waals surface area contributed by atoms with Crippen molar-refractivity contribution in [1.82, 2.24) is 0 Å². The van der Waals surface area contributed by atoms with Crippen LogP contribution in [0.2, 0.25) is 0 Å². The molecule has 7 nitrogen and oxygen atoms in total. The highest BCUT2D eigenvalue weighted by molar-refractivity contribution is 7.32. The smallest absolute Gasteiger partial charge is 0.150 e. The van der Waals surface area contributed by atoms with Crippen molar-refractivity contribution in [2.24, 2.45) is 0 Å². The summed E-state index contributed by atoms with van der Waals surface area (Å²) in [6.45, 7) is 1.22. The molecule has 9 heteroatoms. The molecule has 0 spiro atoms. The molecule has 0 bridgehead atoms. The van der Waals surface area contributed by atoms with E-state index in [2.05, 4.69) is 14.1 Å². The maximum Gasteiger partial charge on any atom is 0.726 e. The molecule has 0 radical (unpaired) electrons. The van der Waals surface area contributed by atoms with Crippen LogP contribution in [-0.4, -0.2) is 16.1 Å². The minimum Gasteiger partial charge on any atom is -0.150 e. The van der Waals surface area contributed by atoms with Gasteiger partial charge in [-0.05, 0) is 6.92 Å². The van der Waals surface area contributed by atoms with Crippen molar-refractivity contribution in [2.75, 3.05) is 0 Å². The fourth-order valence-corrected chi connectivity index (χ4v) is 0.726. The zero-order chi connectivity index (χ0) is 8.85. The lowest BCUT2D eigenvalue weighted by Gasteiger charge is -1.94. The predicted molar refractivity (Wildman–Crippen MR) is 32.4 cm³/mol. The lowest BCUT2D eigenvalue weighted by atomic mass is 10.8. The van der Waals surface area contributed by atoms with E-state index >= 15 is 0 Å². The lowest BCUT2D eigenvalue weighted by molar-refractivity contribution is -0.290. The van der Waals surface area contributed by atoms with Crippen molar-refractivity contribution < 1.29 is 33.0 Å². The van der Waals surface area contributed by atoms with Gasteiger partial charge in [0.2, 0.25) is 6.29 Å². The van der Waals surface area contributed by atoms with Crippen molar-refractivity contribution in [2.45, 2.75) is 13.2 Å². The van der Waals surface area contributed by atoms with E-state index < -0.39 is 22.8 Å². The minimum absolute atomic E-state index is 1.17. The molecule has 64 valence electrons. The van der Waals surface area contributed by atoms with Gasteiger partial charge in [-0.3, -0.25) is 0 Å². The predicted octanol–water partition coefficient (Wildman–Crippen LogP) is 0.597. The molecular weight excluding hydrogens is 198 g/mol. The zero-order valence-electron chi connectivity index (χ0n) is 5.41. The summed E-state index contributed by atoms with van der Waals surface area (Å²) in [4.78, 5) is 20.1. The summed E-state index contributed by atoms with van der Waals surface area (Å²) in [6.07, 6.45) is -1.17. The molecule has 3 unspecified atom stereocenters. The largest absolute Gasteiger partial charge is 0.726 e. The average Bonchev–Trinajstić information content (AvgIpc) is 1.82. The molecule has 0 rings (SSSR count). The van der Waals surface area contributed by atoms with Crippen molar-refractivity contribution in [3.05, 3.63) is 0 Å². The van der Waals surface area contributed by atoms with Gasteiger partial charge in [0, 0.05) is 9.13 Å². The summed E-state index contributed by atoms with van der Waals surface area (Å²) in [5, 5.41) is 0. The van der Waals surface area contributed by atoms with Gasteiger partial charge in [0.15, 0.2) is 0 Å². The third-order valence-electron chi connectivity index (χ3n) is 0.481. The van der Waals surface area contributed by atoms with Gasteiger partial charge in [0.05, 0.1) is 4.67 Å². The molecule has 0 aliphatic rings. The van der Waals surface area contributed by atoms with Gasteiger partial charge in [0.25, 0.3) is 0 Å². The Kier molecular flexibility index (Phi) is 5.62. The lowest BCUT2D eigenvalue weighted by Crippen LogP contribution is -2.06. The Hall–Kier alpha value is -0.0000000000000000763. The van der Waals surface area contributed by atoms with Crippen molar-refractivity contribution in [3.63, 3.8) is 0 Å². The van der Waals surface area contributed by atoms with Crippen LogP contribution in [0.15, 0.2) is 0 Å². The Labute approximate surface area is 63.7 Å². The topological polar surface area (TPSA) is 102 Å². The molecule has 0 aromatic rings. The average molecular weight is 204 g/mol. The summed E-state index contributed by atoms with van der Waals surface area (Å²) < 4.78 is 27.5. The summed E-state index contributed by atoms with van der Waals surface area (Å²) in [5.41, 5.74) is 0. The second-order valence-corrected chi connectivity index (χ2v) is 2.63. The Balaban J connectivity index is 3.44. The first-order chi connectivity index (χ1) is 5.02. The summed E-state index contributed by atoms with van der Waals surface area (Å²) in [7, 11) is -5.69. The standard InChI is InChI=1S/C2H4O7P2/c1-2(8-10(3)4)7-9-11(5)6/h2H,1H3/p+2. The molecule has 0 saturated heterocycles. The fourth-order valence-electron chi connectivity index (χ4n) is 0.242. The summed E-state index contributed by atoms with van der Waals surface area (Å²) >= 11 is 0. The van der Waals surface area contributed by atoms with Crippen molar-refractivity contribution >= 4 is 16.5 Å². The number of hydrogen-bond acceptors (Lipinski definition) is 5. The van der Waals surface area contributed by atoms with Gasteiger partial charge in [0.1, 0.15) is 0 Å². The van der Waals surface area contributed by atoms with Gasteiger partial charge in [-0.1, -0.05) is 4.52 Å². The van der Waals surface area contributed by atoms with E-state index in [0.717, 1.165) is 0 Å². The molecule has 0 saturated carbocycles. The Morgan fingerprint density at radius 3 is 2.18 bits per heavy atom. The van der Waals surface area contributed by atoms with Gasteiger partial charge >= 0.3 is 16.5 Å².